The highest BCUT2D eigenvalue weighted by Gasteiger charge is 2.48. The highest BCUT2D eigenvalue weighted by molar-refractivity contribution is 6.36. The van der Waals surface area contributed by atoms with E-state index >= 15 is 4.39 Å². The van der Waals surface area contributed by atoms with Crippen LogP contribution >= 0.6 is 11.6 Å². The molecule has 230 valence electrons. The lowest BCUT2D eigenvalue weighted by Gasteiger charge is -2.28. The number of amides is 5. The number of halogens is 2. The van der Waals surface area contributed by atoms with E-state index in [1.165, 1.54) is 20.2 Å². The van der Waals surface area contributed by atoms with Crippen molar-refractivity contribution in [2.45, 2.75) is 26.3 Å². The summed E-state index contributed by atoms with van der Waals surface area (Å²) in [6.45, 7) is 2.25. The predicted octanol–water partition coefficient (Wildman–Crippen LogP) is 4.22. The first-order chi connectivity index (χ1) is 21.0. The van der Waals surface area contributed by atoms with Gasteiger partial charge < -0.3 is 26.4 Å². The number of urea groups is 1. The van der Waals surface area contributed by atoms with Crippen molar-refractivity contribution in [3.05, 3.63) is 70.5 Å². The van der Waals surface area contributed by atoms with Gasteiger partial charge in [0.25, 0.3) is 0 Å². The molecule has 2 aliphatic rings. The number of nitrogens with two attached hydrogens (primary N) is 1. The van der Waals surface area contributed by atoms with Gasteiger partial charge in [-0.2, -0.15) is 0 Å². The summed E-state index contributed by atoms with van der Waals surface area (Å²) in [6.07, 6.45) is 1.43. The van der Waals surface area contributed by atoms with Gasteiger partial charge in [-0.05, 0) is 54.7 Å². The average molecular weight is 622 g/mol. The molecule has 44 heavy (non-hydrogen) atoms. The number of hydrogen-bond acceptors (Lipinski definition) is 6. The molecule has 1 heterocycles. The molecule has 1 aliphatic heterocycles. The van der Waals surface area contributed by atoms with E-state index in [2.05, 4.69) is 16.0 Å². The number of ether oxygens (including phenoxy) is 1. The number of nitrogens with one attached hydrogen (secondary N) is 3. The summed E-state index contributed by atoms with van der Waals surface area (Å²) in [5.41, 5.74) is 8.92. The number of rotatable bonds is 10. The second-order valence-electron chi connectivity index (χ2n) is 11.2. The summed E-state index contributed by atoms with van der Waals surface area (Å²) in [5, 5.41) is 8.85. The maximum absolute atomic E-state index is 15.5. The maximum atomic E-state index is 15.5. The minimum absolute atomic E-state index is 0.0938. The quantitative estimate of drug-likeness (QED) is 0.250. The van der Waals surface area contributed by atoms with E-state index in [0.29, 0.717) is 50.8 Å². The Balaban J connectivity index is 1.40. The number of anilines is 1. The first-order valence-electron chi connectivity index (χ1n) is 14.1. The van der Waals surface area contributed by atoms with E-state index in [9.17, 15) is 19.2 Å². The van der Waals surface area contributed by atoms with Crippen LogP contribution in [0.25, 0.3) is 22.3 Å². The van der Waals surface area contributed by atoms with Crippen molar-refractivity contribution in [2.24, 2.45) is 17.1 Å². The second kappa shape index (κ2) is 12.3. The lowest BCUT2D eigenvalue weighted by Crippen LogP contribution is -2.56. The van der Waals surface area contributed by atoms with Crippen LogP contribution in [-0.4, -0.2) is 55.9 Å². The normalized spacial score (nSPS) is 17.2. The SMILES string of the molecule is COc1cc(-c2cccc(-c3cccc(NC(=O)C4CNC(=O)N(C)C4=O)c3C)c2Cl)cc(F)c1CNCC1(C(N)=O)CC1. The lowest BCUT2D eigenvalue weighted by molar-refractivity contribution is -0.138. The Bertz CT molecular complexity index is 1670. The van der Waals surface area contributed by atoms with Crippen molar-refractivity contribution < 1.29 is 28.3 Å². The number of imide groups is 1. The van der Waals surface area contributed by atoms with Gasteiger partial charge in [0.15, 0.2) is 0 Å². The Morgan fingerprint density at radius 1 is 1.14 bits per heavy atom. The fraction of sp³-hybridized carbons (Fsp3) is 0.312. The average Bonchev–Trinajstić information content (AvgIpc) is 3.79. The van der Waals surface area contributed by atoms with Crippen LogP contribution in [0.4, 0.5) is 14.9 Å². The number of hydrogen-bond donors (Lipinski definition) is 4. The molecule has 2 fully saturated rings. The molecule has 12 heteroatoms. The predicted molar refractivity (Wildman–Crippen MR) is 164 cm³/mol. The van der Waals surface area contributed by atoms with Gasteiger partial charge in [0, 0.05) is 49.1 Å². The minimum Gasteiger partial charge on any atom is -0.496 e. The molecule has 1 saturated heterocycles. The monoisotopic (exact) mass is 621 g/mol. The smallest absolute Gasteiger partial charge is 0.323 e. The van der Waals surface area contributed by atoms with Gasteiger partial charge in [-0.25, -0.2) is 9.18 Å². The van der Waals surface area contributed by atoms with Crippen LogP contribution in [0.3, 0.4) is 0 Å². The molecule has 5 amide bonds. The Kier molecular flexibility index (Phi) is 8.62. The molecule has 1 aliphatic carbocycles. The van der Waals surface area contributed by atoms with Gasteiger partial charge in [0.05, 0.1) is 17.5 Å². The molecule has 5 N–H and O–H groups in total. The standard InChI is InChI=1S/C32H33ClFN5O5/c1-17-19(6-5-9-25(17)38-28(40)23-15-37-31(43)39(2)29(23)41)21-8-4-7-20(27(21)33)18-12-24(34)22(26(13-18)44-3)14-36-16-32(10-11-32)30(35)42/h4-9,12-13,23,36H,10-11,14-16H2,1-3H3,(H2,35,42)(H,37,43)(H,38,40). The van der Waals surface area contributed by atoms with Crippen LogP contribution in [-0.2, 0) is 20.9 Å². The van der Waals surface area contributed by atoms with Crippen LogP contribution in [0.1, 0.15) is 24.0 Å². The molecule has 1 unspecified atom stereocenters. The van der Waals surface area contributed by atoms with Crippen molar-refractivity contribution >= 4 is 41.0 Å². The number of methoxy groups -OCH3 is 1. The van der Waals surface area contributed by atoms with Gasteiger partial charge in [0.1, 0.15) is 17.5 Å². The molecular weight excluding hydrogens is 589 g/mol. The Morgan fingerprint density at radius 2 is 1.82 bits per heavy atom. The van der Waals surface area contributed by atoms with Gasteiger partial charge in [0.2, 0.25) is 17.7 Å². The zero-order valence-corrected chi connectivity index (χ0v) is 25.3. The van der Waals surface area contributed by atoms with E-state index in [-0.39, 0.29) is 19.0 Å². The molecule has 1 saturated carbocycles. The molecule has 10 nitrogen and oxygen atoms in total. The molecule has 3 aromatic carbocycles. The van der Waals surface area contributed by atoms with Crippen molar-refractivity contribution in [1.29, 1.82) is 0 Å². The third-order valence-electron chi connectivity index (χ3n) is 8.41. The first kappa shape index (κ1) is 31.0. The van der Waals surface area contributed by atoms with Crippen LogP contribution in [0.5, 0.6) is 5.75 Å². The van der Waals surface area contributed by atoms with Crippen molar-refractivity contribution in [2.75, 3.05) is 32.6 Å². The first-order valence-corrected chi connectivity index (χ1v) is 14.5. The molecule has 3 aromatic rings. The van der Waals surface area contributed by atoms with Crippen molar-refractivity contribution in [1.82, 2.24) is 15.5 Å². The van der Waals surface area contributed by atoms with E-state index in [4.69, 9.17) is 22.1 Å². The largest absolute Gasteiger partial charge is 0.496 e. The highest BCUT2D eigenvalue weighted by Crippen LogP contribution is 2.45. The molecular formula is C32H33ClFN5O5. The van der Waals surface area contributed by atoms with E-state index in [0.717, 1.165) is 23.3 Å². The number of carbonyl (C=O) groups excluding carboxylic acids is 4. The third kappa shape index (κ3) is 5.85. The van der Waals surface area contributed by atoms with Gasteiger partial charge in [-0.3, -0.25) is 19.3 Å². The maximum Gasteiger partial charge on any atom is 0.323 e. The number of carbonyl (C=O) groups is 4. The van der Waals surface area contributed by atoms with Crippen LogP contribution in [0, 0.1) is 24.1 Å². The van der Waals surface area contributed by atoms with Crippen LogP contribution in [0.2, 0.25) is 5.02 Å². The van der Waals surface area contributed by atoms with Crippen molar-refractivity contribution in [3.8, 4) is 28.0 Å². The Labute approximate surface area is 259 Å². The number of primary amides is 1. The molecule has 0 bridgehead atoms. The Hall–Kier alpha value is -4.48. The van der Waals surface area contributed by atoms with E-state index in [1.807, 2.05) is 19.1 Å². The summed E-state index contributed by atoms with van der Waals surface area (Å²) in [6, 6.07) is 13.3. The summed E-state index contributed by atoms with van der Waals surface area (Å²) >= 11 is 6.94. The topological polar surface area (TPSA) is 143 Å². The summed E-state index contributed by atoms with van der Waals surface area (Å²) in [4.78, 5) is 49.8. The summed E-state index contributed by atoms with van der Waals surface area (Å²) in [7, 11) is 2.78. The number of benzene rings is 3. The molecule has 0 spiro atoms. The fourth-order valence-corrected chi connectivity index (χ4v) is 5.72. The zero-order valence-electron chi connectivity index (χ0n) is 24.6. The molecule has 1 atom stereocenters. The minimum atomic E-state index is -1.06. The third-order valence-corrected chi connectivity index (χ3v) is 8.82. The van der Waals surface area contributed by atoms with Crippen LogP contribution in [0.15, 0.2) is 48.5 Å². The molecule has 0 radical (unpaired) electrons. The van der Waals surface area contributed by atoms with E-state index in [1.54, 1.807) is 30.3 Å². The van der Waals surface area contributed by atoms with E-state index < -0.39 is 35.0 Å². The summed E-state index contributed by atoms with van der Waals surface area (Å²) < 4.78 is 21.0. The van der Waals surface area contributed by atoms with Gasteiger partial charge in [-0.1, -0.05) is 41.9 Å². The summed E-state index contributed by atoms with van der Waals surface area (Å²) in [5.74, 6) is -2.70. The fourth-order valence-electron chi connectivity index (χ4n) is 5.39. The highest BCUT2D eigenvalue weighted by atomic mass is 35.5. The zero-order chi connectivity index (χ0) is 31.8. The van der Waals surface area contributed by atoms with Gasteiger partial charge in [-0.15, -0.1) is 0 Å². The Morgan fingerprint density at radius 3 is 2.50 bits per heavy atom. The molecule has 0 aromatic heterocycles. The van der Waals surface area contributed by atoms with Crippen LogP contribution < -0.4 is 26.4 Å². The lowest BCUT2D eigenvalue weighted by atomic mass is 9.94. The molecule has 5 rings (SSSR count). The number of nitrogens with zero attached hydrogens (tertiary/aromatic N) is 1. The van der Waals surface area contributed by atoms with Gasteiger partial charge >= 0.3 is 6.03 Å². The van der Waals surface area contributed by atoms with Crippen molar-refractivity contribution in [3.63, 3.8) is 0 Å². The second-order valence-corrected chi connectivity index (χ2v) is 11.5.